The summed E-state index contributed by atoms with van der Waals surface area (Å²) in [7, 11) is 1.55. The lowest BCUT2D eigenvalue weighted by atomic mass is 10.1. The fraction of sp³-hybridized carbons (Fsp3) is 0.500. The molecule has 0 saturated carbocycles. The van der Waals surface area contributed by atoms with Gasteiger partial charge in [-0.25, -0.2) is 4.98 Å². The van der Waals surface area contributed by atoms with Gasteiger partial charge in [0.15, 0.2) is 0 Å². The normalized spacial score (nSPS) is 14.3. The average molecular weight is 392 g/mol. The number of benzene rings is 1. The third-order valence-corrected chi connectivity index (χ3v) is 5.34. The zero-order chi connectivity index (χ0) is 19.6. The van der Waals surface area contributed by atoms with Crippen LogP contribution in [0.5, 0.6) is 0 Å². The molecule has 2 N–H and O–H groups in total. The van der Waals surface area contributed by atoms with Crippen molar-refractivity contribution in [3.8, 4) is 11.4 Å². The van der Waals surface area contributed by atoms with Crippen LogP contribution in [0.2, 0.25) is 5.02 Å². The Bertz CT molecular complexity index is 895. The molecule has 0 bridgehead atoms. The lowest BCUT2D eigenvalue weighted by Crippen LogP contribution is -2.35. The summed E-state index contributed by atoms with van der Waals surface area (Å²) >= 11 is 6.54. The Morgan fingerprint density at radius 2 is 2.07 bits per heavy atom. The maximum absolute atomic E-state index is 13.1. The molecule has 146 valence electrons. The largest absolute Gasteiger partial charge is 0.394 e. The molecule has 27 heavy (non-hydrogen) atoms. The van der Waals surface area contributed by atoms with E-state index in [0.717, 1.165) is 24.8 Å². The minimum atomic E-state index is -0.372. The number of nitrogens with one attached hydrogen (secondary N) is 1. The first kappa shape index (κ1) is 19.9. The maximum atomic E-state index is 13.1. The Kier molecular flexibility index (Phi) is 6.19. The molecule has 1 aromatic heterocycles. The van der Waals surface area contributed by atoms with Gasteiger partial charge < -0.3 is 15.2 Å². The second kappa shape index (κ2) is 8.42. The highest BCUT2D eigenvalue weighted by Gasteiger charge is 2.21. The molecule has 0 amide bonds. The van der Waals surface area contributed by atoms with Crippen LogP contribution >= 0.6 is 11.6 Å². The lowest BCUT2D eigenvalue weighted by Gasteiger charge is -2.20. The van der Waals surface area contributed by atoms with E-state index in [0.29, 0.717) is 35.4 Å². The highest BCUT2D eigenvalue weighted by atomic mass is 35.5. The zero-order valence-electron chi connectivity index (χ0n) is 16.0. The number of nitrogens with zero attached hydrogens (tertiary/aromatic N) is 2. The van der Waals surface area contributed by atoms with Gasteiger partial charge in [0, 0.05) is 19.2 Å². The fourth-order valence-electron chi connectivity index (χ4n) is 3.64. The quantitative estimate of drug-likeness (QED) is 0.759. The first-order valence-electron chi connectivity index (χ1n) is 9.29. The summed E-state index contributed by atoms with van der Waals surface area (Å²) in [6.07, 6.45) is 3.21. The fourth-order valence-corrected chi connectivity index (χ4v) is 3.91. The van der Waals surface area contributed by atoms with E-state index in [9.17, 15) is 9.90 Å². The van der Waals surface area contributed by atoms with E-state index in [1.54, 1.807) is 18.6 Å². The molecule has 2 aromatic rings. The molecule has 0 spiro atoms. The van der Waals surface area contributed by atoms with Crippen molar-refractivity contribution in [3.63, 3.8) is 0 Å². The van der Waals surface area contributed by atoms with Crippen LogP contribution in [0.1, 0.15) is 30.2 Å². The smallest absolute Gasteiger partial charge is 0.277 e. The number of aromatic nitrogens is 2. The topological polar surface area (TPSA) is 76.4 Å². The van der Waals surface area contributed by atoms with Gasteiger partial charge in [-0.2, -0.15) is 0 Å². The van der Waals surface area contributed by atoms with E-state index in [-0.39, 0.29) is 18.2 Å². The number of aliphatic hydroxyl groups excluding tert-OH is 1. The highest BCUT2D eigenvalue weighted by molar-refractivity contribution is 6.33. The third kappa shape index (κ3) is 3.88. The third-order valence-electron chi connectivity index (χ3n) is 5.03. The number of hydrogen-bond donors (Lipinski definition) is 2. The molecule has 1 unspecified atom stereocenters. The molecule has 6 nitrogen and oxygen atoms in total. The van der Waals surface area contributed by atoms with E-state index in [1.807, 2.05) is 13.0 Å². The van der Waals surface area contributed by atoms with Crippen LogP contribution in [-0.2, 0) is 24.1 Å². The average Bonchev–Trinajstić information content (AvgIpc) is 3.10. The van der Waals surface area contributed by atoms with Crippen molar-refractivity contribution in [1.29, 1.82) is 0 Å². The number of aryl methyl sites for hydroxylation is 3. The highest BCUT2D eigenvalue weighted by Crippen LogP contribution is 2.34. The first-order valence-corrected chi connectivity index (χ1v) is 9.67. The Labute approximate surface area is 164 Å². The van der Waals surface area contributed by atoms with Crippen molar-refractivity contribution in [2.75, 3.05) is 25.6 Å². The number of aliphatic hydroxyl groups is 1. The van der Waals surface area contributed by atoms with E-state index in [2.05, 4.69) is 11.4 Å². The minimum absolute atomic E-state index is 0.142. The first-order chi connectivity index (χ1) is 13.0. The maximum Gasteiger partial charge on any atom is 0.277 e. The van der Waals surface area contributed by atoms with Crippen LogP contribution in [-0.4, -0.2) is 41.0 Å². The molecular weight excluding hydrogens is 366 g/mol. The summed E-state index contributed by atoms with van der Waals surface area (Å²) in [5.74, 6) is 0.581. The van der Waals surface area contributed by atoms with Crippen LogP contribution in [0.25, 0.3) is 11.4 Å². The van der Waals surface area contributed by atoms with Gasteiger partial charge in [0.2, 0.25) is 0 Å². The van der Waals surface area contributed by atoms with Gasteiger partial charge in [-0.3, -0.25) is 9.36 Å². The molecule has 1 aliphatic carbocycles. The lowest BCUT2D eigenvalue weighted by molar-refractivity contribution is 0.153. The van der Waals surface area contributed by atoms with Gasteiger partial charge in [0.05, 0.1) is 30.0 Å². The molecule has 0 aliphatic heterocycles. The van der Waals surface area contributed by atoms with Gasteiger partial charge in [-0.15, -0.1) is 0 Å². The van der Waals surface area contributed by atoms with Crippen LogP contribution < -0.4 is 10.9 Å². The van der Waals surface area contributed by atoms with Crippen LogP contribution in [0.4, 0.5) is 5.69 Å². The Hall–Kier alpha value is -1.89. The van der Waals surface area contributed by atoms with E-state index >= 15 is 0 Å². The number of methoxy groups -OCH3 is 1. The predicted molar refractivity (Wildman–Crippen MR) is 108 cm³/mol. The molecule has 0 fully saturated rings. The second-order valence-corrected chi connectivity index (χ2v) is 7.29. The van der Waals surface area contributed by atoms with Gasteiger partial charge in [-0.1, -0.05) is 11.6 Å². The molecule has 1 aliphatic rings. The van der Waals surface area contributed by atoms with E-state index < -0.39 is 0 Å². The summed E-state index contributed by atoms with van der Waals surface area (Å²) in [6.45, 7) is 4.32. The van der Waals surface area contributed by atoms with E-state index in [1.165, 1.54) is 11.1 Å². The Morgan fingerprint density at radius 3 is 2.70 bits per heavy atom. The molecule has 0 saturated heterocycles. The SMILES string of the molecule is CCn1c(-c2cc3c(cc2Cl)CCC3)nc(C)c(NC(CO)COC)c1=O. The molecule has 3 rings (SSSR count). The van der Waals surface area contributed by atoms with E-state index in [4.69, 9.17) is 21.3 Å². The number of hydrogen-bond acceptors (Lipinski definition) is 5. The van der Waals surface area contributed by atoms with Crippen molar-refractivity contribution >= 4 is 17.3 Å². The molecule has 0 radical (unpaired) electrons. The number of anilines is 1. The monoisotopic (exact) mass is 391 g/mol. The Balaban J connectivity index is 2.10. The standard InChI is InChI=1S/C20H26ClN3O3/c1-4-24-19(16-8-13-6-5-7-14(13)9-17(16)21)22-12(2)18(20(24)26)23-15(10-25)11-27-3/h8-9,15,23,25H,4-7,10-11H2,1-3H3. The van der Waals surface area contributed by atoms with Crippen LogP contribution in [0.15, 0.2) is 16.9 Å². The summed E-state index contributed by atoms with van der Waals surface area (Å²) < 4.78 is 6.71. The summed E-state index contributed by atoms with van der Waals surface area (Å²) in [5, 5.41) is 13.2. The van der Waals surface area contributed by atoms with Crippen LogP contribution in [0, 0.1) is 6.92 Å². The van der Waals surface area contributed by atoms with Crippen LogP contribution in [0.3, 0.4) is 0 Å². The number of rotatable bonds is 7. The van der Waals surface area contributed by atoms with Gasteiger partial charge >= 0.3 is 0 Å². The summed E-state index contributed by atoms with van der Waals surface area (Å²) in [6, 6.07) is 3.71. The number of fused-ring (bicyclic) bond motifs is 1. The van der Waals surface area contributed by atoms with Crippen molar-refractivity contribution in [1.82, 2.24) is 9.55 Å². The summed E-state index contributed by atoms with van der Waals surface area (Å²) in [5.41, 5.74) is 4.15. The molecule has 1 heterocycles. The molecule has 1 atom stereocenters. The van der Waals surface area contributed by atoms with Crippen molar-refractivity contribution in [2.45, 2.75) is 45.7 Å². The Morgan fingerprint density at radius 1 is 1.37 bits per heavy atom. The zero-order valence-corrected chi connectivity index (χ0v) is 16.8. The van der Waals surface area contributed by atoms with Gasteiger partial charge in [0.25, 0.3) is 5.56 Å². The number of halogens is 1. The number of ether oxygens (including phenoxy) is 1. The molecule has 1 aromatic carbocycles. The minimum Gasteiger partial charge on any atom is -0.394 e. The second-order valence-electron chi connectivity index (χ2n) is 6.88. The molecular formula is C20H26ClN3O3. The van der Waals surface area contributed by atoms with Gasteiger partial charge in [0.1, 0.15) is 11.5 Å². The van der Waals surface area contributed by atoms with Crippen molar-refractivity contribution in [2.24, 2.45) is 0 Å². The van der Waals surface area contributed by atoms with Crippen molar-refractivity contribution in [3.05, 3.63) is 44.3 Å². The predicted octanol–water partition coefficient (Wildman–Crippen LogP) is 2.80. The summed E-state index contributed by atoms with van der Waals surface area (Å²) in [4.78, 5) is 17.8. The van der Waals surface area contributed by atoms with Gasteiger partial charge in [-0.05, 0) is 56.4 Å². The van der Waals surface area contributed by atoms with Crippen molar-refractivity contribution < 1.29 is 9.84 Å². The molecule has 7 heteroatoms.